The van der Waals surface area contributed by atoms with Crippen molar-refractivity contribution in [2.24, 2.45) is 0 Å². The molecule has 16 heavy (non-hydrogen) atoms. The number of hydrogen-bond donors (Lipinski definition) is 1. The number of nitrogens with one attached hydrogen (secondary N) is 1. The fraction of sp³-hybridized carbons (Fsp3) is 0.222. The van der Waals surface area contributed by atoms with Gasteiger partial charge in [0.1, 0.15) is 16.1 Å². The number of hydrogen-bond acceptors (Lipinski definition) is 6. The molecule has 0 radical (unpaired) electrons. The number of methoxy groups -OCH3 is 1. The molecule has 0 unspecified atom stereocenters. The Bertz CT molecular complexity index is 493. The minimum atomic E-state index is -0.216. The highest BCUT2D eigenvalue weighted by Gasteiger charge is 2.16. The second-order valence-corrected chi connectivity index (χ2v) is 5.04. The number of amides is 1. The molecule has 0 saturated heterocycles. The quantitative estimate of drug-likeness (QED) is 0.913. The summed E-state index contributed by atoms with van der Waals surface area (Å²) in [6, 6.07) is 1.83. The zero-order chi connectivity index (χ0) is 11.5. The van der Waals surface area contributed by atoms with Crippen molar-refractivity contribution in [3.63, 3.8) is 0 Å². The summed E-state index contributed by atoms with van der Waals surface area (Å²) in [6.45, 7) is 1.93. The Labute approximate surface area is 100 Å². The summed E-state index contributed by atoms with van der Waals surface area (Å²) in [5, 5.41) is 10.5. The van der Waals surface area contributed by atoms with Crippen LogP contribution >= 0.6 is 22.7 Å². The topological polar surface area (TPSA) is 64.1 Å². The molecule has 0 aromatic carbocycles. The molecule has 1 amide bonds. The van der Waals surface area contributed by atoms with E-state index in [1.165, 1.54) is 22.7 Å². The van der Waals surface area contributed by atoms with Gasteiger partial charge in [0.15, 0.2) is 0 Å². The van der Waals surface area contributed by atoms with E-state index in [1.54, 1.807) is 12.6 Å². The van der Waals surface area contributed by atoms with Crippen LogP contribution in [0.3, 0.4) is 0 Å². The van der Waals surface area contributed by atoms with Crippen molar-refractivity contribution < 1.29 is 9.53 Å². The predicted molar refractivity (Wildman–Crippen MR) is 63.5 cm³/mol. The largest absolute Gasteiger partial charge is 0.495 e. The van der Waals surface area contributed by atoms with Gasteiger partial charge in [0.25, 0.3) is 5.91 Å². The van der Waals surface area contributed by atoms with Crippen LogP contribution in [-0.2, 0) is 0 Å². The van der Waals surface area contributed by atoms with Gasteiger partial charge < -0.3 is 4.74 Å². The monoisotopic (exact) mass is 255 g/mol. The molecule has 2 rings (SSSR count). The van der Waals surface area contributed by atoms with Crippen molar-refractivity contribution in [3.8, 4) is 5.75 Å². The van der Waals surface area contributed by atoms with E-state index in [0.717, 1.165) is 4.88 Å². The Hall–Kier alpha value is -1.47. The van der Waals surface area contributed by atoms with Gasteiger partial charge in [-0.05, 0) is 13.0 Å². The van der Waals surface area contributed by atoms with Crippen LogP contribution in [0.15, 0.2) is 11.6 Å². The molecule has 0 atom stereocenters. The van der Waals surface area contributed by atoms with E-state index in [4.69, 9.17) is 4.74 Å². The lowest BCUT2D eigenvalue weighted by molar-refractivity contribution is 0.102. The van der Waals surface area contributed by atoms with E-state index in [2.05, 4.69) is 15.5 Å². The predicted octanol–water partition coefficient (Wildman–Crippen LogP) is 2.17. The fourth-order valence-electron chi connectivity index (χ4n) is 1.18. The van der Waals surface area contributed by atoms with Gasteiger partial charge in [-0.2, -0.15) is 0 Å². The Morgan fingerprint density at radius 2 is 2.38 bits per heavy atom. The molecule has 0 aliphatic heterocycles. The van der Waals surface area contributed by atoms with E-state index in [-0.39, 0.29) is 5.91 Å². The molecule has 5 nitrogen and oxygen atoms in total. The molecular formula is C9H9N3O2S2. The van der Waals surface area contributed by atoms with Gasteiger partial charge in [0.05, 0.1) is 7.11 Å². The van der Waals surface area contributed by atoms with Crippen molar-refractivity contribution in [2.45, 2.75) is 6.92 Å². The third-order valence-electron chi connectivity index (χ3n) is 1.83. The molecule has 2 heterocycles. The zero-order valence-corrected chi connectivity index (χ0v) is 10.3. The van der Waals surface area contributed by atoms with Crippen LogP contribution in [0.1, 0.15) is 14.5 Å². The summed E-state index contributed by atoms with van der Waals surface area (Å²) in [7, 11) is 1.54. The number of carbonyl (C=O) groups excluding carboxylic acids is 1. The first-order valence-corrected chi connectivity index (χ1v) is 6.12. The van der Waals surface area contributed by atoms with Crippen LogP contribution in [0.2, 0.25) is 0 Å². The molecule has 84 valence electrons. The molecule has 2 aromatic heterocycles. The number of thiophene rings is 1. The van der Waals surface area contributed by atoms with Crippen molar-refractivity contribution >= 4 is 33.7 Å². The molecule has 7 heteroatoms. The molecule has 2 aromatic rings. The summed E-state index contributed by atoms with van der Waals surface area (Å²) in [4.78, 5) is 13.4. The highest BCUT2D eigenvalue weighted by molar-refractivity contribution is 7.15. The maximum atomic E-state index is 11.9. The number of aromatic nitrogens is 2. The highest BCUT2D eigenvalue weighted by Crippen LogP contribution is 2.29. The molecule has 0 fully saturated rings. The molecular weight excluding hydrogens is 246 g/mol. The van der Waals surface area contributed by atoms with E-state index in [9.17, 15) is 4.79 Å². The molecule has 1 N–H and O–H groups in total. The maximum Gasteiger partial charge on any atom is 0.271 e. The smallest absolute Gasteiger partial charge is 0.271 e. The number of rotatable bonds is 3. The number of anilines is 1. The van der Waals surface area contributed by atoms with Gasteiger partial charge in [-0.3, -0.25) is 10.1 Å². The Morgan fingerprint density at radius 3 is 3.00 bits per heavy atom. The van der Waals surface area contributed by atoms with Crippen LogP contribution in [-0.4, -0.2) is 23.2 Å². The number of aryl methyl sites for hydroxylation is 1. The number of nitrogens with zero attached hydrogens (tertiary/aromatic N) is 2. The average Bonchev–Trinajstić information content (AvgIpc) is 2.86. The van der Waals surface area contributed by atoms with Crippen LogP contribution < -0.4 is 10.1 Å². The maximum absolute atomic E-state index is 11.9. The molecule has 0 spiro atoms. The summed E-state index contributed by atoms with van der Waals surface area (Å²) in [5.41, 5.74) is 1.56. The van der Waals surface area contributed by atoms with Crippen molar-refractivity contribution in [2.75, 3.05) is 12.4 Å². The number of ether oxygens (including phenoxy) is 1. The first kappa shape index (κ1) is 11.0. The third-order valence-corrected chi connectivity index (χ3v) is 3.47. The van der Waals surface area contributed by atoms with E-state index >= 15 is 0 Å². The second kappa shape index (κ2) is 4.58. The van der Waals surface area contributed by atoms with E-state index in [1.807, 2.05) is 13.0 Å². The first-order valence-electron chi connectivity index (χ1n) is 4.42. The van der Waals surface area contributed by atoms with Gasteiger partial charge >= 0.3 is 0 Å². The Kier molecular flexibility index (Phi) is 3.16. The molecule has 0 aliphatic carbocycles. The number of carbonyl (C=O) groups is 1. The van der Waals surface area contributed by atoms with Crippen molar-refractivity contribution in [3.05, 3.63) is 21.3 Å². The molecule has 0 aliphatic rings. The van der Waals surface area contributed by atoms with Gasteiger partial charge in [-0.15, -0.1) is 21.5 Å². The normalized spacial score (nSPS) is 10.1. The van der Waals surface area contributed by atoms with Crippen LogP contribution in [0.4, 0.5) is 5.13 Å². The van der Waals surface area contributed by atoms with Crippen molar-refractivity contribution in [1.29, 1.82) is 0 Å². The second-order valence-electron chi connectivity index (χ2n) is 2.95. The van der Waals surface area contributed by atoms with Crippen LogP contribution in [0.25, 0.3) is 0 Å². The summed E-state index contributed by atoms with van der Waals surface area (Å²) in [5.74, 6) is 0.371. The SMILES string of the molecule is COc1cc(C)sc1C(=O)Nc1nncs1. The molecule has 0 saturated carbocycles. The fourth-order valence-corrected chi connectivity index (χ4v) is 2.50. The van der Waals surface area contributed by atoms with Crippen LogP contribution in [0.5, 0.6) is 5.75 Å². The van der Waals surface area contributed by atoms with Gasteiger partial charge in [0.2, 0.25) is 5.13 Å². The van der Waals surface area contributed by atoms with Gasteiger partial charge in [-0.1, -0.05) is 11.3 Å². The van der Waals surface area contributed by atoms with E-state index < -0.39 is 0 Å². The van der Waals surface area contributed by atoms with Crippen LogP contribution in [0, 0.1) is 6.92 Å². The third kappa shape index (κ3) is 2.20. The highest BCUT2D eigenvalue weighted by atomic mass is 32.1. The lowest BCUT2D eigenvalue weighted by atomic mass is 10.4. The minimum absolute atomic E-state index is 0.216. The zero-order valence-electron chi connectivity index (χ0n) is 8.68. The average molecular weight is 255 g/mol. The van der Waals surface area contributed by atoms with Crippen molar-refractivity contribution in [1.82, 2.24) is 10.2 Å². The lowest BCUT2D eigenvalue weighted by Crippen LogP contribution is -2.10. The Morgan fingerprint density at radius 1 is 1.56 bits per heavy atom. The summed E-state index contributed by atoms with van der Waals surface area (Å²) in [6.07, 6.45) is 0. The van der Waals surface area contributed by atoms with Gasteiger partial charge in [0, 0.05) is 4.88 Å². The lowest BCUT2D eigenvalue weighted by Gasteiger charge is -2.01. The first-order chi connectivity index (χ1) is 7.70. The van der Waals surface area contributed by atoms with E-state index in [0.29, 0.717) is 15.8 Å². The standard InChI is InChI=1S/C9H9N3O2S2/c1-5-3-6(14-2)7(16-5)8(13)11-9-12-10-4-15-9/h3-4H,1-2H3,(H,11,12,13). The minimum Gasteiger partial charge on any atom is -0.495 e. The van der Waals surface area contributed by atoms with Gasteiger partial charge in [-0.25, -0.2) is 0 Å². The summed E-state index contributed by atoms with van der Waals surface area (Å²) >= 11 is 2.66. The molecule has 0 bridgehead atoms. The summed E-state index contributed by atoms with van der Waals surface area (Å²) < 4.78 is 5.12. The Balaban J connectivity index is 2.20.